The second-order valence-electron chi connectivity index (χ2n) is 14.2. The molecule has 0 aliphatic heterocycles. The van der Waals surface area contributed by atoms with Crippen molar-refractivity contribution in [3.8, 4) is 44.8 Å². The molecular formula is C52H34N2. The van der Waals surface area contributed by atoms with E-state index in [0.29, 0.717) is 0 Å². The average molecular weight is 687 g/mol. The molecule has 252 valence electrons. The molecule has 0 aliphatic carbocycles. The number of aromatic nitrogens is 2. The van der Waals surface area contributed by atoms with Crippen LogP contribution in [0.25, 0.3) is 99.1 Å². The molecule has 0 saturated heterocycles. The second kappa shape index (κ2) is 12.2. The molecule has 0 radical (unpaired) electrons. The van der Waals surface area contributed by atoms with Crippen LogP contribution in [-0.4, -0.2) is 9.13 Å². The first-order valence-electron chi connectivity index (χ1n) is 18.6. The van der Waals surface area contributed by atoms with Crippen molar-refractivity contribution in [2.45, 2.75) is 0 Å². The Labute approximate surface area is 313 Å². The van der Waals surface area contributed by atoms with Crippen LogP contribution in [-0.2, 0) is 0 Å². The van der Waals surface area contributed by atoms with Crippen LogP contribution in [0.2, 0.25) is 0 Å². The predicted molar refractivity (Wildman–Crippen MR) is 229 cm³/mol. The van der Waals surface area contributed by atoms with Crippen LogP contribution in [0.5, 0.6) is 0 Å². The van der Waals surface area contributed by atoms with Crippen molar-refractivity contribution in [1.29, 1.82) is 0 Å². The first kappa shape index (κ1) is 30.5. The van der Waals surface area contributed by atoms with Gasteiger partial charge in [-0.05, 0) is 111 Å². The maximum Gasteiger partial charge on any atom is 0.0641 e. The summed E-state index contributed by atoms with van der Waals surface area (Å²) in [5.74, 6) is 0. The molecule has 0 aliphatic rings. The third kappa shape index (κ3) is 4.81. The Morgan fingerprint density at radius 3 is 1.43 bits per heavy atom. The van der Waals surface area contributed by atoms with Crippen molar-refractivity contribution in [3.63, 3.8) is 0 Å². The van der Waals surface area contributed by atoms with Crippen molar-refractivity contribution in [3.05, 3.63) is 206 Å². The summed E-state index contributed by atoms with van der Waals surface area (Å²) >= 11 is 0. The molecule has 0 bridgehead atoms. The molecule has 2 aromatic heterocycles. The van der Waals surface area contributed by atoms with E-state index in [1.807, 2.05) is 0 Å². The maximum absolute atomic E-state index is 2.48. The topological polar surface area (TPSA) is 9.86 Å². The Morgan fingerprint density at radius 1 is 0.259 bits per heavy atom. The third-order valence-corrected chi connectivity index (χ3v) is 11.1. The number of benzene rings is 9. The van der Waals surface area contributed by atoms with Crippen molar-refractivity contribution in [2.75, 3.05) is 0 Å². The molecule has 0 saturated carbocycles. The Bertz CT molecular complexity index is 3110. The molecule has 0 fully saturated rings. The summed E-state index contributed by atoms with van der Waals surface area (Å²) in [6.07, 6.45) is 0. The van der Waals surface area contributed by atoms with Gasteiger partial charge < -0.3 is 9.13 Å². The summed E-state index contributed by atoms with van der Waals surface area (Å²) in [5, 5.41) is 7.51. The Hall–Kier alpha value is -7.16. The zero-order chi connectivity index (χ0) is 35.6. The number of fused-ring (bicyclic) bond motifs is 8. The largest absolute Gasteiger partial charge is 0.309 e. The van der Waals surface area contributed by atoms with Gasteiger partial charge in [0.1, 0.15) is 0 Å². The Morgan fingerprint density at radius 2 is 0.778 bits per heavy atom. The molecule has 11 rings (SSSR count). The van der Waals surface area contributed by atoms with Gasteiger partial charge in [-0.1, -0.05) is 140 Å². The van der Waals surface area contributed by atoms with E-state index in [4.69, 9.17) is 0 Å². The number of hydrogen-bond donors (Lipinski definition) is 0. The van der Waals surface area contributed by atoms with Gasteiger partial charge in [0.15, 0.2) is 0 Å². The summed E-state index contributed by atoms with van der Waals surface area (Å²) in [6.45, 7) is 0. The summed E-state index contributed by atoms with van der Waals surface area (Å²) in [6, 6.07) is 75.2. The van der Waals surface area contributed by atoms with Gasteiger partial charge in [0.2, 0.25) is 0 Å². The SMILES string of the molecule is c1ccc(-c2cc(-c3ccccc3)cc(-c3ccc(-n4c5ccccc5c5ccc6c(c7cc8ccccc8cc7n6-c6ccccc6)c54)cc3)c2)cc1. The van der Waals surface area contributed by atoms with Gasteiger partial charge in [0.05, 0.1) is 22.1 Å². The van der Waals surface area contributed by atoms with Crippen LogP contribution in [0.1, 0.15) is 0 Å². The third-order valence-electron chi connectivity index (χ3n) is 11.1. The lowest BCUT2D eigenvalue weighted by Gasteiger charge is -2.13. The number of para-hydroxylation sites is 2. The monoisotopic (exact) mass is 686 g/mol. The van der Waals surface area contributed by atoms with Crippen LogP contribution in [0.4, 0.5) is 0 Å². The first-order valence-corrected chi connectivity index (χ1v) is 18.6. The van der Waals surface area contributed by atoms with Crippen molar-refractivity contribution in [2.24, 2.45) is 0 Å². The minimum Gasteiger partial charge on any atom is -0.309 e. The molecule has 2 heterocycles. The summed E-state index contributed by atoms with van der Waals surface area (Å²) in [7, 11) is 0. The molecule has 0 atom stereocenters. The lowest BCUT2D eigenvalue weighted by atomic mass is 9.93. The van der Waals surface area contributed by atoms with E-state index in [-0.39, 0.29) is 0 Å². The Balaban J connectivity index is 1.16. The number of rotatable bonds is 5. The standard InChI is InChI=1S/C52H34N2/c1-4-14-35(15-5-1)40-30-41(36-16-6-2-7-17-36)32-42(31-40)37-24-26-44(27-25-37)54-48-23-13-12-22-45(48)46-28-29-49-51(52(46)54)47-33-38-18-10-11-19-39(38)34-50(47)53(49)43-20-8-3-9-21-43/h1-34H. The van der Waals surface area contributed by atoms with Crippen LogP contribution < -0.4 is 0 Å². The van der Waals surface area contributed by atoms with Crippen molar-refractivity contribution in [1.82, 2.24) is 9.13 Å². The molecule has 11 aromatic rings. The molecule has 0 amide bonds. The molecule has 0 N–H and O–H groups in total. The van der Waals surface area contributed by atoms with Gasteiger partial charge in [-0.25, -0.2) is 0 Å². The fourth-order valence-electron chi connectivity index (χ4n) is 8.56. The highest BCUT2D eigenvalue weighted by molar-refractivity contribution is 6.27. The van der Waals surface area contributed by atoms with Crippen LogP contribution >= 0.6 is 0 Å². The van der Waals surface area contributed by atoms with Crippen LogP contribution in [0.15, 0.2) is 206 Å². The summed E-state index contributed by atoms with van der Waals surface area (Å²) < 4.78 is 4.92. The van der Waals surface area contributed by atoms with Gasteiger partial charge in [-0.15, -0.1) is 0 Å². The van der Waals surface area contributed by atoms with E-state index in [0.717, 1.165) is 11.4 Å². The number of hydrogen-bond acceptors (Lipinski definition) is 0. The van der Waals surface area contributed by atoms with Gasteiger partial charge in [0, 0.05) is 32.9 Å². The van der Waals surface area contributed by atoms with Crippen molar-refractivity contribution >= 4 is 54.4 Å². The lowest BCUT2D eigenvalue weighted by Crippen LogP contribution is -1.95. The quantitative estimate of drug-likeness (QED) is 0.171. The van der Waals surface area contributed by atoms with E-state index in [1.165, 1.54) is 87.8 Å². The highest BCUT2D eigenvalue weighted by atomic mass is 15.0. The molecule has 0 unspecified atom stereocenters. The van der Waals surface area contributed by atoms with Gasteiger partial charge in [0.25, 0.3) is 0 Å². The van der Waals surface area contributed by atoms with Gasteiger partial charge >= 0.3 is 0 Å². The molecular weight excluding hydrogens is 653 g/mol. The zero-order valence-corrected chi connectivity index (χ0v) is 29.5. The molecule has 54 heavy (non-hydrogen) atoms. The minimum atomic E-state index is 1.14. The number of nitrogens with zero attached hydrogens (tertiary/aromatic N) is 2. The molecule has 0 spiro atoms. The minimum absolute atomic E-state index is 1.14. The first-order chi connectivity index (χ1) is 26.8. The maximum atomic E-state index is 2.48. The highest BCUT2D eigenvalue weighted by Gasteiger charge is 2.21. The van der Waals surface area contributed by atoms with E-state index in [9.17, 15) is 0 Å². The summed E-state index contributed by atoms with van der Waals surface area (Å²) in [5.41, 5.74) is 14.4. The average Bonchev–Trinajstić information content (AvgIpc) is 3.76. The smallest absolute Gasteiger partial charge is 0.0641 e. The van der Waals surface area contributed by atoms with Crippen molar-refractivity contribution < 1.29 is 0 Å². The van der Waals surface area contributed by atoms with Crippen LogP contribution in [0, 0.1) is 0 Å². The van der Waals surface area contributed by atoms with E-state index in [2.05, 4.69) is 215 Å². The van der Waals surface area contributed by atoms with E-state index < -0.39 is 0 Å². The summed E-state index contributed by atoms with van der Waals surface area (Å²) in [4.78, 5) is 0. The van der Waals surface area contributed by atoms with E-state index >= 15 is 0 Å². The fourth-order valence-corrected chi connectivity index (χ4v) is 8.56. The highest BCUT2D eigenvalue weighted by Crippen LogP contribution is 2.43. The Kier molecular flexibility index (Phi) is 6.90. The second-order valence-corrected chi connectivity index (χ2v) is 14.2. The van der Waals surface area contributed by atoms with Gasteiger partial charge in [-0.2, -0.15) is 0 Å². The molecule has 2 heteroatoms. The lowest BCUT2D eigenvalue weighted by molar-refractivity contribution is 1.17. The molecule has 2 nitrogen and oxygen atoms in total. The molecule has 9 aromatic carbocycles. The normalized spacial score (nSPS) is 11.7. The van der Waals surface area contributed by atoms with Crippen LogP contribution in [0.3, 0.4) is 0 Å². The fraction of sp³-hybridized carbons (Fsp3) is 0. The predicted octanol–water partition coefficient (Wildman–Crippen LogP) is 14.0. The van der Waals surface area contributed by atoms with E-state index in [1.54, 1.807) is 0 Å². The van der Waals surface area contributed by atoms with Gasteiger partial charge in [-0.3, -0.25) is 0 Å². The zero-order valence-electron chi connectivity index (χ0n) is 29.5.